The predicted molar refractivity (Wildman–Crippen MR) is 74.7 cm³/mol. The van der Waals surface area contributed by atoms with Gasteiger partial charge in [0.1, 0.15) is 6.07 Å². The van der Waals surface area contributed by atoms with E-state index in [2.05, 4.69) is 30.5 Å². The normalized spacial score (nSPS) is 17.8. The van der Waals surface area contributed by atoms with Gasteiger partial charge in [-0.25, -0.2) is 0 Å². The van der Waals surface area contributed by atoms with Crippen molar-refractivity contribution in [2.45, 2.75) is 6.92 Å². The fraction of sp³-hybridized carbons (Fsp3) is 0.133. The summed E-state index contributed by atoms with van der Waals surface area (Å²) in [6.07, 6.45) is 10.2. The first kappa shape index (κ1) is 12.0. The zero-order valence-corrected chi connectivity index (χ0v) is 10.2. The molecule has 1 unspecified atom stereocenters. The molecule has 0 saturated heterocycles. The second-order valence-corrected chi connectivity index (χ2v) is 4.27. The molecular formula is C15H15N3. The van der Waals surface area contributed by atoms with E-state index < -0.39 is 0 Å². The van der Waals surface area contributed by atoms with Gasteiger partial charge in [-0.2, -0.15) is 5.26 Å². The number of anilines is 2. The number of nitriles is 1. The van der Waals surface area contributed by atoms with Gasteiger partial charge < -0.3 is 11.1 Å². The molecule has 0 radical (unpaired) electrons. The number of nitrogen functional groups attached to an aromatic ring is 1. The van der Waals surface area contributed by atoms with Crippen molar-refractivity contribution in [3.05, 3.63) is 59.8 Å². The lowest BCUT2D eigenvalue weighted by Gasteiger charge is -2.09. The van der Waals surface area contributed by atoms with Crippen LogP contribution in [0.5, 0.6) is 0 Å². The number of nitrogens with zero attached hydrogens (tertiary/aromatic N) is 1. The molecule has 0 heterocycles. The maximum Gasteiger partial charge on any atom is 0.101 e. The Kier molecular flexibility index (Phi) is 3.49. The van der Waals surface area contributed by atoms with Crippen LogP contribution in [-0.4, -0.2) is 0 Å². The Morgan fingerprint density at radius 2 is 2.17 bits per heavy atom. The van der Waals surface area contributed by atoms with E-state index in [1.807, 2.05) is 24.3 Å². The van der Waals surface area contributed by atoms with Crippen LogP contribution in [0.4, 0.5) is 11.4 Å². The summed E-state index contributed by atoms with van der Waals surface area (Å²) in [5.41, 5.74) is 8.53. The molecule has 1 atom stereocenters. The first-order valence-corrected chi connectivity index (χ1v) is 5.82. The highest BCUT2D eigenvalue weighted by molar-refractivity contribution is 5.66. The molecule has 3 heteroatoms. The third-order valence-electron chi connectivity index (χ3n) is 2.71. The van der Waals surface area contributed by atoms with Crippen molar-refractivity contribution in [2.75, 3.05) is 11.1 Å². The first-order chi connectivity index (χ1) is 8.69. The van der Waals surface area contributed by atoms with Gasteiger partial charge in [0.25, 0.3) is 0 Å². The zero-order valence-electron chi connectivity index (χ0n) is 10.2. The third kappa shape index (κ3) is 2.80. The summed E-state index contributed by atoms with van der Waals surface area (Å²) in [6.45, 7) is 2.12. The van der Waals surface area contributed by atoms with Crippen LogP contribution in [-0.2, 0) is 0 Å². The fourth-order valence-corrected chi connectivity index (χ4v) is 1.71. The van der Waals surface area contributed by atoms with Crippen LogP contribution < -0.4 is 11.1 Å². The summed E-state index contributed by atoms with van der Waals surface area (Å²) in [5.74, 6) is 0.419. The molecule has 0 fully saturated rings. The second-order valence-electron chi connectivity index (χ2n) is 4.27. The van der Waals surface area contributed by atoms with Crippen LogP contribution in [0.15, 0.2) is 54.3 Å². The largest absolute Gasteiger partial charge is 0.399 e. The molecule has 0 aromatic heterocycles. The lowest BCUT2D eigenvalue weighted by molar-refractivity contribution is 0.942. The number of rotatable bonds is 2. The van der Waals surface area contributed by atoms with Crippen molar-refractivity contribution in [3.8, 4) is 6.07 Å². The topological polar surface area (TPSA) is 61.8 Å². The van der Waals surface area contributed by atoms with E-state index in [0.29, 0.717) is 17.2 Å². The Bertz CT molecular complexity index is 574. The minimum absolute atomic E-state index is 0.419. The molecule has 3 N–H and O–H groups in total. The first-order valence-electron chi connectivity index (χ1n) is 5.82. The third-order valence-corrected chi connectivity index (χ3v) is 2.71. The molecule has 0 saturated carbocycles. The maximum atomic E-state index is 9.07. The van der Waals surface area contributed by atoms with Gasteiger partial charge in [-0.15, -0.1) is 0 Å². The number of nitrogens with two attached hydrogens (primary N) is 1. The molecule has 0 amide bonds. The molecule has 3 nitrogen and oxygen atoms in total. The fourth-order valence-electron chi connectivity index (χ4n) is 1.71. The van der Waals surface area contributed by atoms with E-state index in [0.717, 1.165) is 11.4 Å². The van der Waals surface area contributed by atoms with E-state index in [1.165, 1.54) is 0 Å². The van der Waals surface area contributed by atoms with Crippen molar-refractivity contribution < 1.29 is 0 Å². The Morgan fingerprint density at radius 1 is 1.33 bits per heavy atom. The van der Waals surface area contributed by atoms with E-state index in [-0.39, 0.29) is 0 Å². The molecule has 0 bridgehead atoms. The van der Waals surface area contributed by atoms with Crippen LogP contribution in [0.3, 0.4) is 0 Å². The van der Waals surface area contributed by atoms with Crippen LogP contribution >= 0.6 is 0 Å². The standard InChI is InChI=1S/C15H15N3/c1-11-3-2-4-14(7-5-11)18-15-8-6-13(17)9-12(15)10-16/h2-9,11,18H,17H2,1H3. The van der Waals surface area contributed by atoms with E-state index in [4.69, 9.17) is 11.0 Å². The molecule has 0 aliphatic heterocycles. The van der Waals surface area contributed by atoms with Crippen LogP contribution in [0.2, 0.25) is 0 Å². The smallest absolute Gasteiger partial charge is 0.101 e. The van der Waals surface area contributed by atoms with Gasteiger partial charge in [0.05, 0.1) is 11.3 Å². The van der Waals surface area contributed by atoms with E-state index >= 15 is 0 Å². The Hall–Kier alpha value is -2.47. The number of benzene rings is 1. The lowest BCUT2D eigenvalue weighted by atomic mass is 10.1. The van der Waals surface area contributed by atoms with Crippen LogP contribution in [0, 0.1) is 17.2 Å². The van der Waals surface area contributed by atoms with Crippen LogP contribution in [0.1, 0.15) is 12.5 Å². The van der Waals surface area contributed by atoms with Gasteiger partial charge in [-0.1, -0.05) is 25.2 Å². The summed E-state index contributed by atoms with van der Waals surface area (Å²) in [4.78, 5) is 0. The van der Waals surface area contributed by atoms with Crippen molar-refractivity contribution in [1.29, 1.82) is 5.26 Å². The molecule has 90 valence electrons. The van der Waals surface area contributed by atoms with Gasteiger partial charge in [0, 0.05) is 11.4 Å². The minimum Gasteiger partial charge on any atom is -0.399 e. The SMILES string of the molecule is CC1C=CC=C(Nc2ccc(N)cc2C#N)C=C1. The summed E-state index contributed by atoms with van der Waals surface area (Å²) in [5, 5.41) is 12.3. The summed E-state index contributed by atoms with van der Waals surface area (Å²) in [6, 6.07) is 7.41. The predicted octanol–water partition coefficient (Wildman–Crippen LogP) is 3.20. The molecule has 1 aromatic carbocycles. The molecule has 2 rings (SSSR count). The number of hydrogen-bond acceptors (Lipinski definition) is 3. The molecule has 1 aliphatic rings. The van der Waals surface area contributed by atoms with Gasteiger partial charge in [-0.3, -0.25) is 0 Å². The summed E-state index contributed by atoms with van der Waals surface area (Å²) >= 11 is 0. The van der Waals surface area contributed by atoms with Crippen molar-refractivity contribution in [2.24, 2.45) is 5.92 Å². The monoisotopic (exact) mass is 237 g/mol. The van der Waals surface area contributed by atoms with Crippen molar-refractivity contribution >= 4 is 11.4 Å². The highest BCUT2D eigenvalue weighted by Gasteiger charge is 2.04. The summed E-state index contributed by atoms with van der Waals surface area (Å²) in [7, 11) is 0. The second kappa shape index (κ2) is 5.24. The van der Waals surface area contributed by atoms with Crippen molar-refractivity contribution in [3.63, 3.8) is 0 Å². The Labute approximate surface area is 107 Å². The molecule has 18 heavy (non-hydrogen) atoms. The Morgan fingerprint density at radius 3 is 2.94 bits per heavy atom. The van der Waals surface area contributed by atoms with E-state index in [9.17, 15) is 0 Å². The summed E-state index contributed by atoms with van der Waals surface area (Å²) < 4.78 is 0. The van der Waals surface area contributed by atoms with Gasteiger partial charge in [0.15, 0.2) is 0 Å². The quantitative estimate of drug-likeness (QED) is 0.776. The van der Waals surface area contributed by atoms with E-state index in [1.54, 1.807) is 12.1 Å². The highest BCUT2D eigenvalue weighted by atomic mass is 14.9. The average Bonchev–Trinajstić information content (AvgIpc) is 2.56. The average molecular weight is 237 g/mol. The van der Waals surface area contributed by atoms with Gasteiger partial charge in [-0.05, 0) is 36.3 Å². The highest BCUT2D eigenvalue weighted by Crippen LogP contribution is 2.21. The van der Waals surface area contributed by atoms with Gasteiger partial charge >= 0.3 is 0 Å². The Balaban J connectivity index is 2.25. The minimum atomic E-state index is 0.419. The number of allylic oxidation sites excluding steroid dienone is 5. The lowest BCUT2D eigenvalue weighted by Crippen LogP contribution is -1.99. The maximum absolute atomic E-state index is 9.07. The molecule has 1 aromatic rings. The van der Waals surface area contributed by atoms with Gasteiger partial charge in [0.2, 0.25) is 0 Å². The molecular weight excluding hydrogens is 222 g/mol. The number of nitrogens with one attached hydrogen (secondary N) is 1. The molecule has 1 aliphatic carbocycles. The van der Waals surface area contributed by atoms with Crippen molar-refractivity contribution in [1.82, 2.24) is 0 Å². The number of hydrogen-bond donors (Lipinski definition) is 2. The molecule has 0 spiro atoms. The van der Waals surface area contributed by atoms with Crippen LogP contribution in [0.25, 0.3) is 0 Å². The zero-order chi connectivity index (χ0) is 13.0.